The molecule has 0 radical (unpaired) electrons. The van der Waals surface area contributed by atoms with Gasteiger partial charge in [-0.25, -0.2) is 12.8 Å². The number of phenols is 1. The van der Waals surface area contributed by atoms with E-state index in [9.17, 15) is 17.9 Å². The summed E-state index contributed by atoms with van der Waals surface area (Å²) in [6.45, 7) is 0. The van der Waals surface area contributed by atoms with Gasteiger partial charge < -0.3 is 5.11 Å². The fraction of sp³-hybridized carbons (Fsp3) is 0. The number of benzene rings is 2. The van der Waals surface area contributed by atoms with Crippen molar-refractivity contribution in [3.63, 3.8) is 0 Å². The number of halogens is 3. The van der Waals surface area contributed by atoms with E-state index in [0.29, 0.717) is 4.47 Å². The molecule has 0 saturated carbocycles. The van der Waals surface area contributed by atoms with Gasteiger partial charge in [-0.05, 0) is 24.3 Å². The number of anilines is 1. The molecular weight excluding hydrogens is 373 g/mol. The molecule has 0 unspecified atom stereocenters. The summed E-state index contributed by atoms with van der Waals surface area (Å²) in [5, 5.41) is 9.37. The largest absolute Gasteiger partial charge is 0.504 e. The zero-order valence-corrected chi connectivity index (χ0v) is 12.9. The molecule has 0 fully saturated rings. The van der Waals surface area contributed by atoms with E-state index in [2.05, 4.69) is 20.7 Å². The van der Waals surface area contributed by atoms with Crippen molar-refractivity contribution in [2.75, 3.05) is 4.72 Å². The molecule has 2 N–H and O–H groups in total. The van der Waals surface area contributed by atoms with E-state index in [1.807, 2.05) is 0 Å². The molecule has 0 atom stereocenters. The molecule has 4 nitrogen and oxygen atoms in total. The first-order valence-corrected chi connectivity index (χ1v) is 7.91. The van der Waals surface area contributed by atoms with Gasteiger partial charge in [-0.1, -0.05) is 33.6 Å². The summed E-state index contributed by atoms with van der Waals surface area (Å²) >= 11 is 8.74. The summed E-state index contributed by atoms with van der Waals surface area (Å²) in [6, 6.07) is 7.67. The number of hydrogen-bond donors (Lipinski definition) is 2. The third-order valence-electron chi connectivity index (χ3n) is 2.38. The van der Waals surface area contributed by atoms with E-state index >= 15 is 0 Å². The van der Waals surface area contributed by atoms with Crippen LogP contribution in [0.25, 0.3) is 0 Å². The van der Waals surface area contributed by atoms with Gasteiger partial charge >= 0.3 is 0 Å². The minimum Gasteiger partial charge on any atom is -0.504 e. The average molecular weight is 381 g/mol. The lowest BCUT2D eigenvalue weighted by Crippen LogP contribution is -2.13. The lowest BCUT2D eigenvalue weighted by Gasteiger charge is -2.11. The molecule has 0 aliphatic rings. The predicted octanol–water partition coefficient (Wildman–Crippen LogP) is 3.75. The van der Waals surface area contributed by atoms with Crippen LogP contribution in [-0.4, -0.2) is 13.5 Å². The second-order valence-corrected chi connectivity index (χ2v) is 6.85. The SMILES string of the molecule is O=S(=O)(Nc1cc(F)cc(Cl)c1O)c1cccc(Br)c1. The van der Waals surface area contributed by atoms with Gasteiger partial charge in [0.25, 0.3) is 10.0 Å². The van der Waals surface area contributed by atoms with Gasteiger partial charge in [0, 0.05) is 10.5 Å². The monoisotopic (exact) mass is 379 g/mol. The Labute approximate surface area is 128 Å². The molecule has 0 spiro atoms. The lowest BCUT2D eigenvalue weighted by atomic mass is 10.3. The summed E-state index contributed by atoms with van der Waals surface area (Å²) in [6.07, 6.45) is 0. The number of aromatic hydroxyl groups is 1. The molecule has 0 aromatic heterocycles. The summed E-state index contributed by atoms with van der Waals surface area (Å²) in [5.41, 5.74) is -0.324. The van der Waals surface area contributed by atoms with Gasteiger partial charge in [0.2, 0.25) is 0 Å². The third kappa shape index (κ3) is 3.23. The van der Waals surface area contributed by atoms with Crippen LogP contribution in [0.3, 0.4) is 0 Å². The predicted molar refractivity (Wildman–Crippen MR) is 78.0 cm³/mol. The highest BCUT2D eigenvalue weighted by molar-refractivity contribution is 9.10. The standard InChI is InChI=1S/C12H8BrClFNO3S/c13-7-2-1-3-9(4-7)20(18,19)16-11-6-8(15)5-10(14)12(11)17/h1-6,16-17H. The van der Waals surface area contributed by atoms with Gasteiger partial charge in [-0.3, -0.25) is 4.72 Å². The normalized spacial score (nSPS) is 11.3. The molecule has 0 aliphatic carbocycles. The second-order valence-electron chi connectivity index (χ2n) is 3.85. The molecule has 0 bridgehead atoms. The second kappa shape index (κ2) is 5.59. The summed E-state index contributed by atoms with van der Waals surface area (Å²) in [7, 11) is -3.96. The first-order valence-electron chi connectivity index (χ1n) is 5.26. The first kappa shape index (κ1) is 15.1. The van der Waals surface area contributed by atoms with Crippen LogP contribution in [0.4, 0.5) is 10.1 Å². The van der Waals surface area contributed by atoms with E-state index in [0.717, 1.165) is 12.1 Å². The Morgan fingerprint density at radius 1 is 1.25 bits per heavy atom. The van der Waals surface area contributed by atoms with E-state index < -0.39 is 21.6 Å². The lowest BCUT2D eigenvalue weighted by molar-refractivity contribution is 0.476. The maximum Gasteiger partial charge on any atom is 0.262 e. The van der Waals surface area contributed by atoms with Crippen molar-refractivity contribution in [3.8, 4) is 5.75 Å². The zero-order chi connectivity index (χ0) is 14.9. The minimum atomic E-state index is -3.96. The van der Waals surface area contributed by atoms with Crippen LogP contribution in [0.15, 0.2) is 45.8 Å². The Balaban J connectivity index is 2.44. The number of nitrogens with one attached hydrogen (secondary N) is 1. The van der Waals surface area contributed by atoms with Gasteiger partial charge in [0.1, 0.15) is 5.82 Å². The third-order valence-corrected chi connectivity index (χ3v) is 4.52. The van der Waals surface area contributed by atoms with E-state index in [-0.39, 0.29) is 15.6 Å². The molecule has 20 heavy (non-hydrogen) atoms. The summed E-state index contributed by atoms with van der Waals surface area (Å²) in [5.74, 6) is -1.30. The smallest absolute Gasteiger partial charge is 0.262 e. The highest BCUT2D eigenvalue weighted by atomic mass is 79.9. The zero-order valence-electron chi connectivity index (χ0n) is 9.77. The van der Waals surface area contributed by atoms with Crippen molar-refractivity contribution in [3.05, 3.63) is 51.7 Å². The maximum atomic E-state index is 13.2. The van der Waals surface area contributed by atoms with Crippen LogP contribution in [0.1, 0.15) is 0 Å². The van der Waals surface area contributed by atoms with Crippen LogP contribution >= 0.6 is 27.5 Å². The Kier molecular flexibility index (Phi) is 4.22. The average Bonchev–Trinajstić information content (AvgIpc) is 2.35. The Morgan fingerprint density at radius 3 is 2.60 bits per heavy atom. The molecule has 8 heteroatoms. The van der Waals surface area contributed by atoms with Crippen LogP contribution in [0.5, 0.6) is 5.75 Å². The molecule has 0 aliphatic heterocycles. The van der Waals surface area contributed by atoms with Crippen LogP contribution in [0, 0.1) is 5.82 Å². The molecule has 2 aromatic carbocycles. The number of rotatable bonds is 3. The van der Waals surface area contributed by atoms with E-state index in [1.165, 1.54) is 18.2 Å². The van der Waals surface area contributed by atoms with Crippen molar-refractivity contribution in [1.29, 1.82) is 0 Å². The van der Waals surface area contributed by atoms with E-state index in [4.69, 9.17) is 11.6 Å². The number of hydrogen-bond acceptors (Lipinski definition) is 3. The van der Waals surface area contributed by atoms with Crippen molar-refractivity contribution in [2.24, 2.45) is 0 Å². The number of phenolic OH excluding ortho intramolecular Hbond substituents is 1. The Bertz CT molecular complexity index is 767. The molecule has 106 valence electrons. The Hall–Kier alpha value is -1.31. The van der Waals surface area contributed by atoms with Crippen molar-refractivity contribution in [1.82, 2.24) is 0 Å². The topological polar surface area (TPSA) is 66.4 Å². The summed E-state index contributed by atoms with van der Waals surface area (Å²) in [4.78, 5) is -0.0355. The molecule has 0 saturated heterocycles. The highest BCUT2D eigenvalue weighted by Crippen LogP contribution is 2.34. The van der Waals surface area contributed by atoms with Gasteiger partial charge in [0.15, 0.2) is 5.75 Å². The van der Waals surface area contributed by atoms with Crippen molar-refractivity contribution < 1.29 is 17.9 Å². The van der Waals surface area contributed by atoms with Gasteiger partial charge in [-0.15, -0.1) is 0 Å². The quantitative estimate of drug-likeness (QED) is 0.797. The van der Waals surface area contributed by atoms with Gasteiger partial charge in [-0.2, -0.15) is 0 Å². The molecule has 0 heterocycles. The highest BCUT2D eigenvalue weighted by Gasteiger charge is 2.18. The van der Waals surface area contributed by atoms with Crippen molar-refractivity contribution >= 4 is 43.2 Å². The minimum absolute atomic E-state index is 0.0355. The van der Waals surface area contributed by atoms with E-state index in [1.54, 1.807) is 6.07 Å². The van der Waals surface area contributed by atoms with Gasteiger partial charge in [0.05, 0.1) is 15.6 Å². The number of sulfonamides is 1. The fourth-order valence-electron chi connectivity index (χ4n) is 1.48. The summed E-state index contributed by atoms with van der Waals surface area (Å²) < 4.78 is 40.1. The maximum absolute atomic E-state index is 13.2. The van der Waals surface area contributed by atoms with Crippen LogP contribution in [-0.2, 0) is 10.0 Å². The molecule has 0 amide bonds. The molecule has 2 rings (SSSR count). The molecule has 2 aromatic rings. The van der Waals surface area contributed by atoms with Crippen LogP contribution < -0.4 is 4.72 Å². The first-order chi connectivity index (χ1) is 9.29. The van der Waals surface area contributed by atoms with Crippen molar-refractivity contribution in [2.45, 2.75) is 4.90 Å². The molecular formula is C12H8BrClFNO3S. The Morgan fingerprint density at radius 2 is 1.95 bits per heavy atom. The van der Waals surface area contributed by atoms with Crippen LogP contribution in [0.2, 0.25) is 5.02 Å². The fourth-order valence-corrected chi connectivity index (χ4v) is 3.34.